The van der Waals surface area contributed by atoms with Gasteiger partial charge in [-0.2, -0.15) is 0 Å². The normalized spacial score (nSPS) is 19.2. The van der Waals surface area contributed by atoms with Crippen LogP contribution in [0.5, 0.6) is 0 Å². The van der Waals surface area contributed by atoms with E-state index in [2.05, 4.69) is 5.32 Å². The zero-order chi connectivity index (χ0) is 15.2. The van der Waals surface area contributed by atoms with Crippen molar-refractivity contribution in [2.75, 3.05) is 26.2 Å². The summed E-state index contributed by atoms with van der Waals surface area (Å²) in [5, 5.41) is 12.3. The average Bonchev–Trinajstić information content (AvgIpc) is 2.46. The highest BCUT2D eigenvalue weighted by Gasteiger charge is 2.27. The highest BCUT2D eigenvalue weighted by molar-refractivity contribution is 6.31. The zero-order valence-corrected chi connectivity index (χ0v) is 12.2. The van der Waals surface area contributed by atoms with E-state index in [-0.39, 0.29) is 19.0 Å². The van der Waals surface area contributed by atoms with E-state index in [1.54, 1.807) is 11.0 Å². The first-order valence-corrected chi connectivity index (χ1v) is 7.01. The van der Waals surface area contributed by atoms with Gasteiger partial charge in [0, 0.05) is 24.7 Å². The fraction of sp³-hybridized carbons (Fsp3) is 0.429. The summed E-state index contributed by atoms with van der Waals surface area (Å²) in [6.07, 6.45) is -0.866. The number of carboxylic acid groups (broad SMARTS) is 1. The van der Waals surface area contributed by atoms with E-state index < -0.39 is 12.1 Å². The van der Waals surface area contributed by atoms with Crippen LogP contribution in [0, 0.1) is 0 Å². The summed E-state index contributed by atoms with van der Waals surface area (Å²) < 4.78 is 5.11. The highest BCUT2D eigenvalue weighted by Crippen LogP contribution is 2.14. The van der Waals surface area contributed by atoms with Crippen molar-refractivity contribution in [2.24, 2.45) is 0 Å². The lowest BCUT2D eigenvalue weighted by Crippen LogP contribution is -2.49. The van der Waals surface area contributed by atoms with E-state index in [1.165, 1.54) is 0 Å². The van der Waals surface area contributed by atoms with Crippen molar-refractivity contribution >= 4 is 23.5 Å². The van der Waals surface area contributed by atoms with E-state index in [4.69, 9.17) is 21.4 Å². The van der Waals surface area contributed by atoms with Crippen molar-refractivity contribution in [3.05, 3.63) is 34.9 Å². The number of amides is 1. The Balaban J connectivity index is 1.79. The second-order valence-corrected chi connectivity index (χ2v) is 5.21. The molecule has 0 radical (unpaired) electrons. The third-order valence-electron chi connectivity index (χ3n) is 3.23. The Morgan fingerprint density at radius 1 is 1.43 bits per heavy atom. The van der Waals surface area contributed by atoms with Crippen molar-refractivity contribution < 1.29 is 19.4 Å². The fourth-order valence-corrected chi connectivity index (χ4v) is 2.29. The van der Waals surface area contributed by atoms with Crippen molar-refractivity contribution in [1.82, 2.24) is 10.2 Å². The molecule has 0 bridgehead atoms. The Morgan fingerprint density at radius 3 is 2.90 bits per heavy atom. The summed E-state index contributed by atoms with van der Waals surface area (Å²) in [6.45, 7) is 1.58. The van der Waals surface area contributed by atoms with Gasteiger partial charge < -0.3 is 15.2 Å². The number of halogens is 1. The summed E-state index contributed by atoms with van der Waals surface area (Å²) in [5.41, 5.74) is 0.845. The predicted octanol–water partition coefficient (Wildman–Crippen LogP) is 0.742. The minimum absolute atomic E-state index is 0.150. The number of benzene rings is 1. The molecular formula is C14H17ClN2O4. The number of hydrogen-bond acceptors (Lipinski definition) is 4. The van der Waals surface area contributed by atoms with Gasteiger partial charge in [-0.3, -0.25) is 9.69 Å². The number of rotatable bonds is 5. The molecule has 2 rings (SSSR count). The maximum Gasteiger partial charge on any atom is 0.334 e. The first-order chi connectivity index (χ1) is 10.1. The molecule has 0 saturated carbocycles. The lowest BCUT2D eigenvalue weighted by atomic mass is 10.2. The maximum absolute atomic E-state index is 11.9. The second-order valence-electron chi connectivity index (χ2n) is 4.80. The molecule has 1 atom stereocenters. The minimum Gasteiger partial charge on any atom is -0.479 e. The number of ether oxygens (including phenoxy) is 1. The van der Waals surface area contributed by atoms with E-state index >= 15 is 0 Å². The van der Waals surface area contributed by atoms with Crippen molar-refractivity contribution in [3.8, 4) is 0 Å². The van der Waals surface area contributed by atoms with Gasteiger partial charge in [0.2, 0.25) is 5.91 Å². The Labute approximate surface area is 127 Å². The van der Waals surface area contributed by atoms with Crippen LogP contribution >= 0.6 is 11.6 Å². The number of nitrogens with zero attached hydrogens (tertiary/aromatic N) is 1. The van der Waals surface area contributed by atoms with E-state index in [0.717, 1.165) is 5.56 Å². The lowest BCUT2D eigenvalue weighted by molar-refractivity contribution is -0.156. The standard InChI is InChI=1S/C14H17ClN2O4/c15-11-4-2-1-3-10(11)7-16-13(18)9-17-5-6-21-12(8-17)14(19)20/h1-4,12H,5-9H2,(H,16,18)(H,19,20). The van der Waals surface area contributed by atoms with Gasteiger partial charge in [-0.25, -0.2) is 4.79 Å². The molecule has 21 heavy (non-hydrogen) atoms. The van der Waals surface area contributed by atoms with E-state index in [0.29, 0.717) is 24.7 Å². The van der Waals surface area contributed by atoms with Crippen LogP contribution in [0.25, 0.3) is 0 Å². The van der Waals surface area contributed by atoms with Gasteiger partial charge in [0.05, 0.1) is 13.2 Å². The predicted molar refractivity (Wildman–Crippen MR) is 77.1 cm³/mol. The monoisotopic (exact) mass is 312 g/mol. The number of carbonyl (C=O) groups excluding carboxylic acids is 1. The quantitative estimate of drug-likeness (QED) is 0.838. The molecule has 1 amide bonds. The summed E-state index contributed by atoms with van der Waals surface area (Å²) >= 11 is 6.01. The summed E-state index contributed by atoms with van der Waals surface area (Å²) in [7, 11) is 0. The number of nitrogens with one attached hydrogen (secondary N) is 1. The van der Waals surface area contributed by atoms with Crippen LogP contribution in [0.2, 0.25) is 5.02 Å². The first-order valence-electron chi connectivity index (χ1n) is 6.63. The van der Waals surface area contributed by atoms with Crippen molar-refractivity contribution in [1.29, 1.82) is 0 Å². The SMILES string of the molecule is O=C(CN1CCOC(C(=O)O)C1)NCc1ccccc1Cl. The lowest BCUT2D eigenvalue weighted by Gasteiger charge is -2.30. The first kappa shape index (κ1) is 15.8. The molecule has 6 nitrogen and oxygen atoms in total. The van der Waals surface area contributed by atoms with Crippen LogP contribution in [-0.2, 0) is 20.9 Å². The van der Waals surface area contributed by atoms with Gasteiger partial charge >= 0.3 is 5.97 Å². The van der Waals surface area contributed by atoms with Crippen LogP contribution in [0.3, 0.4) is 0 Å². The third kappa shape index (κ3) is 4.70. The molecule has 1 aromatic rings. The number of aliphatic carboxylic acids is 1. The van der Waals surface area contributed by atoms with Crippen LogP contribution in [0.4, 0.5) is 0 Å². The molecule has 0 aromatic heterocycles. The van der Waals surface area contributed by atoms with Gasteiger partial charge in [0.25, 0.3) is 0 Å². The largest absolute Gasteiger partial charge is 0.479 e. The summed E-state index contributed by atoms with van der Waals surface area (Å²) in [6, 6.07) is 7.29. The van der Waals surface area contributed by atoms with Gasteiger partial charge in [0.15, 0.2) is 6.10 Å². The molecule has 1 heterocycles. The molecule has 1 aromatic carbocycles. The molecule has 2 N–H and O–H groups in total. The smallest absolute Gasteiger partial charge is 0.334 e. The summed E-state index contributed by atoms with van der Waals surface area (Å²) in [5.74, 6) is -1.17. The van der Waals surface area contributed by atoms with Crippen LogP contribution in [-0.4, -0.2) is 54.2 Å². The van der Waals surface area contributed by atoms with Crippen LogP contribution in [0.1, 0.15) is 5.56 Å². The maximum atomic E-state index is 11.9. The second kappa shape index (κ2) is 7.40. The molecule has 1 aliphatic heterocycles. The molecular weight excluding hydrogens is 296 g/mol. The Bertz CT molecular complexity index is 523. The number of morpholine rings is 1. The third-order valence-corrected chi connectivity index (χ3v) is 3.60. The molecule has 1 saturated heterocycles. The number of carboxylic acids is 1. The molecule has 1 fully saturated rings. The van der Waals surface area contributed by atoms with Crippen molar-refractivity contribution in [2.45, 2.75) is 12.6 Å². The fourth-order valence-electron chi connectivity index (χ4n) is 2.09. The average molecular weight is 313 g/mol. The highest BCUT2D eigenvalue weighted by atomic mass is 35.5. The van der Waals surface area contributed by atoms with Gasteiger partial charge in [-0.05, 0) is 11.6 Å². The Morgan fingerprint density at radius 2 is 2.19 bits per heavy atom. The number of hydrogen-bond donors (Lipinski definition) is 2. The minimum atomic E-state index is -1.00. The summed E-state index contributed by atoms with van der Waals surface area (Å²) in [4.78, 5) is 24.5. The van der Waals surface area contributed by atoms with E-state index in [9.17, 15) is 9.59 Å². The van der Waals surface area contributed by atoms with E-state index in [1.807, 2.05) is 18.2 Å². The topological polar surface area (TPSA) is 78.9 Å². The number of carbonyl (C=O) groups is 2. The molecule has 0 spiro atoms. The Kier molecular flexibility index (Phi) is 5.55. The Hall–Kier alpha value is -1.63. The molecule has 1 unspecified atom stereocenters. The van der Waals surface area contributed by atoms with Crippen LogP contribution in [0.15, 0.2) is 24.3 Å². The van der Waals surface area contributed by atoms with Crippen molar-refractivity contribution in [3.63, 3.8) is 0 Å². The molecule has 7 heteroatoms. The molecule has 1 aliphatic rings. The zero-order valence-electron chi connectivity index (χ0n) is 11.4. The molecule has 114 valence electrons. The van der Waals surface area contributed by atoms with Gasteiger partial charge in [-0.1, -0.05) is 29.8 Å². The van der Waals surface area contributed by atoms with Crippen LogP contribution < -0.4 is 5.32 Å². The van der Waals surface area contributed by atoms with Gasteiger partial charge in [0.1, 0.15) is 0 Å². The van der Waals surface area contributed by atoms with Gasteiger partial charge in [-0.15, -0.1) is 0 Å². The molecule has 0 aliphatic carbocycles.